The van der Waals surface area contributed by atoms with Crippen molar-refractivity contribution >= 4 is 37.2 Å². The summed E-state index contributed by atoms with van der Waals surface area (Å²) in [6, 6.07) is 5.27. The first kappa shape index (κ1) is 36.0. The Bertz CT molecular complexity index is 2030. The third-order valence-corrected chi connectivity index (χ3v) is 14.1. The van der Waals surface area contributed by atoms with E-state index in [1.54, 1.807) is 0 Å². The molecule has 3 aliphatic carbocycles. The van der Waals surface area contributed by atoms with Gasteiger partial charge in [-0.2, -0.15) is 0 Å². The minimum Gasteiger partial charge on any atom is -0.744 e. The van der Waals surface area contributed by atoms with E-state index in [0.717, 1.165) is 112 Å². The summed E-state index contributed by atoms with van der Waals surface area (Å²) in [5.74, 6) is 0.831. The molecule has 280 valence electrons. The lowest BCUT2D eigenvalue weighted by molar-refractivity contribution is -0.538. The Morgan fingerprint density at radius 1 is 0.712 bits per heavy atom. The van der Waals surface area contributed by atoms with Gasteiger partial charge in [-0.3, -0.25) is 0 Å². The van der Waals surface area contributed by atoms with Crippen molar-refractivity contribution in [3.05, 3.63) is 63.7 Å². The summed E-state index contributed by atoms with van der Waals surface area (Å²) in [4.78, 5) is 1.00. The van der Waals surface area contributed by atoms with Crippen LogP contribution >= 0.6 is 0 Å². The minimum atomic E-state index is -5.15. The van der Waals surface area contributed by atoms with Gasteiger partial charge in [0.05, 0.1) is 15.7 Å². The maximum absolute atomic E-state index is 12.7. The third kappa shape index (κ3) is 6.91. The largest absolute Gasteiger partial charge is 0.744 e. The summed E-state index contributed by atoms with van der Waals surface area (Å²) < 4.78 is 83.3. The zero-order valence-corrected chi connectivity index (χ0v) is 31.8. The molecule has 9 nitrogen and oxygen atoms in total. The Labute approximate surface area is 309 Å². The summed E-state index contributed by atoms with van der Waals surface area (Å²) in [5.41, 5.74) is 8.37. The molecule has 0 N–H and O–H groups in total. The van der Waals surface area contributed by atoms with E-state index in [1.165, 1.54) is 92.8 Å². The molecular formula is C41H51N2O7S2-. The molecule has 2 atom stereocenters. The lowest BCUT2D eigenvalue weighted by Crippen LogP contribution is -2.49. The van der Waals surface area contributed by atoms with E-state index in [0.29, 0.717) is 5.57 Å². The van der Waals surface area contributed by atoms with Crippen LogP contribution in [-0.2, 0) is 33.1 Å². The van der Waals surface area contributed by atoms with Gasteiger partial charge in [0.15, 0.2) is 5.71 Å². The highest BCUT2D eigenvalue weighted by atomic mass is 32.2. The molecule has 0 spiro atoms. The Hall–Kier alpha value is -2.99. The molecule has 2 saturated carbocycles. The molecule has 52 heavy (non-hydrogen) atoms. The minimum absolute atomic E-state index is 0.0914. The quantitative estimate of drug-likeness (QED) is 0.237. The van der Waals surface area contributed by atoms with Gasteiger partial charge in [0, 0.05) is 65.0 Å². The smallest absolute Gasteiger partial charge is 0.186 e. The molecule has 0 saturated heterocycles. The summed E-state index contributed by atoms with van der Waals surface area (Å²) in [6.45, 7) is 3.99. The van der Waals surface area contributed by atoms with Gasteiger partial charge in [-0.1, -0.05) is 70.3 Å². The Morgan fingerprint density at radius 3 is 2.02 bits per heavy atom. The van der Waals surface area contributed by atoms with E-state index in [-0.39, 0.29) is 17.6 Å². The van der Waals surface area contributed by atoms with Gasteiger partial charge in [-0.05, 0) is 68.4 Å². The van der Waals surface area contributed by atoms with E-state index in [1.807, 2.05) is 0 Å². The second-order valence-electron chi connectivity index (χ2n) is 15.8. The lowest BCUT2D eigenvalue weighted by atomic mass is 9.71. The van der Waals surface area contributed by atoms with Gasteiger partial charge in [0.25, 0.3) is 0 Å². The second kappa shape index (κ2) is 14.7. The highest BCUT2D eigenvalue weighted by Crippen LogP contribution is 2.53. The first-order valence-electron chi connectivity index (χ1n) is 19.8. The SMILES string of the molecule is C1CCCC1.C1CCCC1.O=S(=O)([O-])c1ccc(C2=C3C=C4CCC[N+]5=C4C(CCC5)C3Oc3c2cc2c4c3CCCN4CCC2)c(S(=O)(=O)[O-])c1. The average Bonchev–Trinajstić information content (AvgIpc) is 3.92. The van der Waals surface area contributed by atoms with Crippen LogP contribution in [-0.4, -0.2) is 68.5 Å². The van der Waals surface area contributed by atoms with Crippen LogP contribution in [0.5, 0.6) is 5.75 Å². The molecule has 0 amide bonds. The van der Waals surface area contributed by atoms with Crippen molar-refractivity contribution in [2.75, 3.05) is 31.1 Å². The van der Waals surface area contributed by atoms with E-state index in [4.69, 9.17) is 4.74 Å². The van der Waals surface area contributed by atoms with E-state index in [9.17, 15) is 25.9 Å². The number of aryl methyl sites for hydroxylation is 1. The highest BCUT2D eigenvalue weighted by molar-refractivity contribution is 7.86. The lowest BCUT2D eigenvalue weighted by Gasteiger charge is -2.44. The monoisotopic (exact) mass is 747 g/mol. The normalized spacial score (nSPS) is 24.6. The van der Waals surface area contributed by atoms with E-state index < -0.39 is 30.0 Å². The Kier molecular flexibility index (Phi) is 10.2. The molecule has 2 aromatic carbocycles. The molecule has 10 rings (SSSR count). The number of ether oxygens (including phenoxy) is 1. The molecule has 2 aromatic rings. The van der Waals surface area contributed by atoms with Crippen LogP contribution < -0.4 is 9.64 Å². The van der Waals surface area contributed by atoms with Crippen molar-refractivity contribution in [2.24, 2.45) is 5.92 Å². The van der Waals surface area contributed by atoms with E-state index >= 15 is 0 Å². The maximum atomic E-state index is 12.7. The van der Waals surface area contributed by atoms with Crippen LogP contribution in [0.3, 0.4) is 0 Å². The van der Waals surface area contributed by atoms with Crippen LogP contribution in [0.25, 0.3) is 5.57 Å². The van der Waals surface area contributed by atoms with Crippen LogP contribution in [0.1, 0.15) is 125 Å². The fourth-order valence-corrected chi connectivity index (χ4v) is 11.4. The molecule has 11 heteroatoms. The summed E-state index contributed by atoms with van der Waals surface area (Å²) >= 11 is 0. The number of nitrogens with zero attached hydrogens (tertiary/aromatic N) is 2. The van der Waals surface area contributed by atoms with Gasteiger partial charge in [-0.15, -0.1) is 0 Å². The number of fused-ring (bicyclic) bond motifs is 4. The molecule has 5 aliphatic heterocycles. The fourth-order valence-electron chi connectivity index (χ4n) is 10.1. The first-order chi connectivity index (χ1) is 25.1. The molecule has 0 aromatic heterocycles. The molecule has 2 fully saturated rings. The Balaban J connectivity index is 0.000000335. The number of rotatable bonds is 3. The van der Waals surface area contributed by atoms with Crippen molar-refractivity contribution in [2.45, 2.75) is 131 Å². The van der Waals surface area contributed by atoms with E-state index in [2.05, 4.69) is 21.6 Å². The Morgan fingerprint density at radius 2 is 1.37 bits per heavy atom. The number of hydrogen-bond donors (Lipinski definition) is 0. The predicted molar refractivity (Wildman–Crippen MR) is 199 cm³/mol. The van der Waals surface area contributed by atoms with Crippen LogP contribution in [0, 0.1) is 5.92 Å². The van der Waals surface area contributed by atoms with Crippen LogP contribution in [0.15, 0.2) is 51.3 Å². The number of anilines is 1. The average molecular weight is 748 g/mol. The van der Waals surface area contributed by atoms with Crippen molar-refractivity contribution in [1.82, 2.24) is 0 Å². The van der Waals surface area contributed by atoms with Gasteiger partial charge in [-0.25, -0.2) is 21.4 Å². The standard InChI is InChI=1S/C31H32N2O7S2.2C5H10/c34-41(35,36)20-9-10-21(26(17-20)42(37,38)39)27-24-15-18-5-1-11-32-13-3-7-22(28(18)32)30(24)40-31-23-8-4-14-33-12-2-6-19(29(23)33)16-25(27)31;2*1-2-4-5-3-1/h9-10,15-17,22,30H,1-8,11-14H2,(H-,34,35,36,37,38,39);2*1-5H2/p-1. The molecular weight excluding hydrogens is 697 g/mol. The highest BCUT2D eigenvalue weighted by Gasteiger charge is 2.48. The molecule has 0 radical (unpaired) electrons. The number of benzene rings is 2. The number of allylic oxidation sites excluding steroid dienone is 1. The van der Waals surface area contributed by atoms with Crippen molar-refractivity contribution in [1.29, 1.82) is 0 Å². The van der Waals surface area contributed by atoms with Crippen molar-refractivity contribution in [3.63, 3.8) is 0 Å². The molecule has 2 unspecified atom stereocenters. The van der Waals surface area contributed by atoms with Gasteiger partial charge in [0.2, 0.25) is 0 Å². The predicted octanol–water partition coefficient (Wildman–Crippen LogP) is 7.25. The van der Waals surface area contributed by atoms with Gasteiger partial charge >= 0.3 is 0 Å². The van der Waals surface area contributed by atoms with Crippen molar-refractivity contribution < 1.29 is 35.3 Å². The van der Waals surface area contributed by atoms with Crippen LogP contribution in [0.4, 0.5) is 5.69 Å². The summed E-state index contributed by atoms with van der Waals surface area (Å²) in [5, 5.41) is 0. The van der Waals surface area contributed by atoms with Gasteiger partial charge in [0.1, 0.15) is 45.2 Å². The second-order valence-corrected chi connectivity index (χ2v) is 18.5. The maximum Gasteiger partial charge on any atom is 0.186 e. The number of hydrogen-bond acceptors (Lipinski definition) is 8. The zero-order valence-electron chi connectivity index (χ0n) is 30.2. The molecule has 0 bridgehead atoms. The van der Waals surface area contributed by atoms with Crippen molar-refractivity contribution in [3.8, 4) is 5.75 Å². The topological polar surface area (TPSA) is 130 Å². The summed E-state index contributed by atoms with van der Waals surface area (Å²) in [6.07, 6.45) is 24.4. The molecule has 5 heterocycles. The van der Waals surface area contributed by atoms with Gasteiger partial charge < -0.3 is 18.7 Å². The fraction of sp³-hybridized carbons (Fsp3) is 0.585. The third-order valence-electron chi connectivity index (χ3n) is 12.4. The molecule has 8 aliphatic rings. The first-order valence-corrected chi connectivity index (χ1v) is 22.6. The van der Waals surface area contributed by atoms with Crippen LogP contribution in [0.2, 0.25) is 0 Å². The zero-order chi connectivity index (χ0) is 36.0. The summed E-state index contributed by atoms with van der Waals surface area (Å²) in [7, 11) is -10.1.